The van der Waals surface area contributed by atoms with E-state index in [4.69, 9.17) is 0 Å². The summed E-state index contributed by atoms with van der Waals surface area (Å²) in [5.74, 6) is 0. The van der Waals surface area contributed by atoms with E-state index >= 15 is 0 Å². The molecule has 1 N–H and O–H groups in total. The SMILES string of the molecule is CCNSc1cc2ccccc2s1. The quantitative estimate of drug-likeness (QED) is 0.776. The normalized spacial score (nSPS) is 10.8. The molecule has 1 nitrogen and oxygen atoms in total. The van der Waals surface area contributed by atoms with Gasteiger partial charge in [-0.05, 0) is 29.5 Å². The third kappa shape index (κ3) is 2.05. The molecule has 0 atom stereocenters. The smallest absolute Gasteiger partial charge is 0.0763 e. The van der Waals surface area contributed by atoms with Crippen molar-refractivity contribution in [3.05, 3.63) is 30.3 Å². The van der Waals surface area contributed by atoms with Crippen molar-refractivity contribution < 1.29 is 0 Å². The molecular formula is C10H11NS2. The predicted octanol–water partition coefficient (Wildman–Crippen LogP) is 3.52. The first-order valence-corrected chi connectivity index (χ1v) is 5.91. The average Bonchev–Trinajstić information content (AvgIpc) is 2.57. The Bertz CT molecular complexity index is 361. The Morgan fingerprint density at radius 3 is 3.00 bits per heavy atom. The van der Waals surface area contributed by atoms with Crippen molar-refractivity contribution in [1.82, 2.24) is 4.72 Å². The molecule has 68 valence electrons. The van der Waals surface area contributed by atoms with Gasteiger partial charge in [0.25, 0.3) is 0 Å². The van der Waals surface area contributed by atoms with Gasteiger partial charge in [0.15, 0.2) is 0 Å². The zero-order valence-corrected chi connectivity index (χ0v) is 9.04. The van der Waals surface area contributed by atoms with Crippen LogP contribution in [0.5, 0.6) is 0 Å². The Hall–Kier alpha value is -0.510. The summed E-state index contributed by atoms with van der Waals surface area (Å²) in [5.41, 5.74) is 0. The number of hydrogen-bond donors (Lipinski definition) is 1. The second-order valence-corrected chi connectivity index (χ2v) is 4.98. The van der Waals surface area contributed by atoms with E-state index < -0.39 is 0 Å². The minimum atomic E-state index is 0.999. The van der Waals surface area contributed by atoms with Crippen molar-refractivity contribution in [3.63, 3.8) is 0 Å². The zero-order valence-electron chi connectivity index (χ0n) is 7.41. The lowest BCUT2D eigenvalue weighted by molar-refractivity contribution is 1.04. The van der Waals surface area contributed by atoms with Gasteiger partial charge in [0.1, 0.15) is 0 Å². The van der Waals surface area contributed by atoms with Gasteiger partial charge in [0, 0.05) is 11.2 Å². The maximum absolute atomic E-state index is 3.25. The molecule has 2 rings (SSSR count). The summed E-state index contributed by atoms with van der Waals surface area (Å²) in [4.78, 5) is 0. The fourth-order valence-electron chi connectivity index (χ4n) is 1.15. The number of nitrogens with one attached hydrogen (secondary N) is 1. The first-order valence-electron chi connectivity index (χ1n) is 4.28. The van der Waals surface area contributed by atoms with Crippen molar-refractivity contribution in [2.45, 2.75) is 11.1 Å². The first-order chi connectivity index (χ1) is 6.40. The van der Waals surface area contributed by atoms with E-state index in [1.54, 1.807) is 11.9 Å². The Morgan fingerprint density at radius 2 is 2.23 bits per heavy atom. The summed E-state index contributed by atoms with van der Waals surface area (Å²) < 4.78 is 5.95. The van der Waals surface area contributed by atoms with E-state index in [0.717, 1.165) is 6.54 Å². The monoisotopic (exact) mass is 209 g/mol. The molecule has 0 fully saturated rings. The molecule has 0 radical (unpaired) electrons. The van der Waals surface area contributed by atoms with Crippen LogP contribution in [0.15, 0.2) is 34.5 Å². The molecule has 0 aliphatic carbocycles. The third-order valence-corrected chi connectivity index (χ3v) is 3.88. The lowest BCUT2D eigenvalue weighted by Gasteiger charge is -1.93. The largest absolute Gasteiger partial charge is 0.259 e. The second kappa shape index (κ2) is 4.13. The third-order valence-electron chi connectivity index (χ3n) is 1.72. The molecule has 3 heteroatoms. The van der Waals surface area contributed by atoms with Gasteiger partial charge >= 0.3 is 0 Å². The molecule has 0 aliphatic rings. The van der Waals surface area contributed by atoms with E-state index in [-0.39, 0.29) is 0 Å². The standard InChI is InChI=1S/C10H11NS2/c1-2-11-13-10-7-8-5-3-4-6-9(8)12-10/h3-7,11H,2H2,1H3. The Kier molecular flexibility index (Phi) is 2.88. The second-order valence-electron chi connectivity index (χ2n) is 2.70. The fraction of sp³-hybridized carbons (Fsp3) is 0.200. The van der Waals surface area contributed by atoms with Gasteiger partial charge in [-0.3, -0.25) is 4.72 Å². The summed E-state index contributed by atoms with van der Waals surface area (Å²) in [7, 11) is 0. The van der Waals surface area contributed by atoms with Crippen LogP contribution in [-0.2, 0) is 0 Å². The van der Waals surface area contributed by atoms with Crippen molar-refractivity contribution >= 4 is 33.4 Å². The highest BCUT2D eigenvalue weighted by molar-refractivity contribution is 7.99. The first kappa shape index (κ1) is 9.06. The molecule has 0 amide bonds. The van der Waals surface area contributed by atoms with Crippen molar-refractivity contribution in [2.24, 2.45) is 0 Å². The maximum Gasteiger partial charge on any atom is 0.0763 e. The minimum absolute atomic E-state index is 0.999. The molecule has 0 saturated carbocycles. The van der Waals surface area contributed by atoms with Crippen LogP contribution in [-0.4, -0.2) is 6.54 Å². The number of hydrogen-bond acceptors (Lipinski definition) is 3. The topological polar surface area (TPSA) is 12.0 Å². The lowest BCUT2D eigenvalue weighted by atomic mass is 10.3. The molecule has 1 aromatic carbocycles. The summed E-state index contributed by atoms with van der Waals surface area (Å²) in [6, 6.07) is 10.7. The van der Waals surface area contributed by atoms with Crippen molar-refractivity contribution in [2.75, 3.05) is 6.54 Å². The van der Waals surface area contributed by atoms with Gasteiger partial charge in [-0.25, -0.2) is 0 Å². The van der Waals surface area contributed by atoms with Gasteiger partial charge in [0.05, 0.1) is 4.21 Å². The fourth-order valence-corrected chi connectivity index (χ4v) is 3.03. The van der Waals surface area contributed by atoms with Crippen LogP contribution in [0, 0.1) is 0 Å². The highest BCUT2D eigenvalue weighted by Gasteiger charge is 1.99. The van der Waals surface area contributed by atoms with E-state index in [1.807, 2.05) is 11.3 Å². The maximum atomic E-state index is 3.25. The van der Waals surface area contributed by atoms with Crippen LogP contribution in [0.1, 0.15) is 6.92 Å². The summed E-state index contributed by atoms with van der Waals surface area (Å²) >= 11 is 3.55. The van der Waals surface area contributed by atoms with Crippen LogP contribution < -0.4 is 4.72 Å². The number of thiophene rings is 1. The molecule has 0 bridgehead atoms. The lowest BCUT2D eigenvalue weighted by Crippen LogP contribution is -1.98. The number of rotatable bonds is 3. The van der Waals surface area contributed by atoms with Crippen LogP contribution in [0.4, 0.5) is 0 Å². The van der Waals surface area contributed by atoms with Crippen LogP contribution >= 0.6 is 23.3 Å². The number of benzene rings is 1. The minimum Gasteiger partial charge on any atom is -0.259 e. The van der Waals surface area contributed by atoms with Gasteiger partial charge in [-0.2, -0.15) is 0 Å². The Balaban J connectivity index is 2.28. The number of fused-ring (bicyclic) bond motifs is 1. The molecule has 1 aromatic heterocycles. The van der Waals surface area contributed by atoms with E-state index in [1.165, 1.54) is 14.3 Å². The van der Waals surface area contributed by atoms with Crippen LogP contribution in [0.2, 0.25) is 0 Å². The average molecular weight is 209 g/mol. The van der Waals surface area contributed by atoms with Gasteiger partial charge < -0.3 is 0 Å². The zero-order chi connectivity index (χ0) is 9.10. The predicted molar refractivity (Wildman–Crippen MR) is 61.4 cm³/mol. The Labute approximate surface area is 86.3 Å². The van der Waals surface area contributed by atoms with E-state index in [0.29, 0.717) is 0 Å². The molecule has 2 aromatic rings. The molecule has 0 aliphatic heterocycles. The Morgan fingerprint density at radius 1 is 1.38 bits per heavy atom. The summed E-state index contributed by atoms with van der Waals surface area (Å²) in [6.45, 7) is 3.11. The van der Waals surface area contributed by atoms with Gasteiger partial charge in [-0.15, -0.1) is 11.3 Å². The molecule has 0 saturated heterocycles. The summed E-state index contributed by atoms with van der Waals surface area (Å²) in [5, 5.41) is 1.34. The molecular weight excluding hydrogens is 198 g/mol. The highest BCUT2D eigenvalue weighted by atomic mass is 32.2. The van der Waals surface area contributed by atoms with E-state index in [2.05, 4.69) is 42.0 Å². The van der Waals surface area contributed by atoms with Crippen molar-refractivity contribution in [3.8, 4) is 0 Å². The van der Waals surface area contributed by atoms with Crippen LogP contribution in [0.3, 0.4) is 0 Å². The van der Waals surface area contributed by atoms with E-state index in [9.17, 15) is 0 Å². The van der Waals surface area contributed by atoms with Crippen molar-refractivity contribution in [1.29, 1.82) is 0 Å². The molecule has 0 unspecified atom stereocenters. The molecule has 13 heavy (non-hydrogen) atoms. The highest BCUT2D eigenvalue weighted by Crippen LogP contribution is 2.30. The van der Waals surface area contributed by atoms with Crippen LogP contribution in [0.25, 0.3) is 10.1 Å². The molecule has 0 spiro atoms. The molecule has 1 heterocycles. The van der Waals surface area contributed by atoms with Gasteiger partial charge in [-0.1, -0.05) is 25.1 Å². The summed E-state index contributed by atoms with van der Waals surface area (Å²) in [6.07, 6.45) is 0. The van der Waals surface area contributed by atoms with Gasteiger partial charge in [0.2, 0.25) is 0 Å².